The molecule has 14 nitrogen and oxygen atoms in total. The van der Waals surface area contributed by atoms with Crippen LogP contribution in [0.3, 0.4) is 0 Å². The first-order chi connectivity index (χ1) is 27.0. The fourth-order valence-corrected chi connectivity index (χ4v) is 8.68. The van der Waals surface area contributed by atoms with Crippen LogP contribution in [0.15, 0.2) is 60.9 Å². The van der Waals surface area contributed by atoms with Gasteiger partial charge in [0.15, 0.2) is 0 Å². The van der Waals surface area contributed by atoms with Gasteiger partial charge in [0, 0.05) is 12.6 Å². The lowest BCUT2D eigenvalue weighted by molar-refractivity contribution is -0.139. The van der Waals surface area contributed by atoms with E-state index in [-0.39, 0.29) is 41.8 Å². The lowest BCUT2D eigenvalue weighted by Crippen LogP contribution is -2.54. The van der Waals surface area contributed by atoms with Crippen LogP contribution in [0.2, 0.25) is 0 Å². The van der Waals surface area contributed by atoms with E-state index in [1.165, 1.54) is 14.2 Å². The van der Waals surface area contributed by atoms with Gasteiger partial charge in [-0.1, -0.05) is 76.2 Å². The summed E-state index contributed by atoms with van der Waals surface area (Å²) in [4.78, 5) is 71.7. The Labute approximate surface area is 327 Å². The van der Waals surface area contributed by atoms with Crippen molar-refractivity contribution in [3.8, 4) is 33.6 Å². The minimum Gasteiger partial charge on any atom is -0.453 e. The molecule has 56 heavy (non-hydrogen) atoms. The molecule has 4 aromatic rings. The van der Waals surface area contributed by atoms with Crippen molar-refractivity contribution in [3.63, 3.8) is 0 Å². The van der Waals surface area contributed by atoms with Gasteiger partial charge in [0.1, 0.15) is 23.7 Å². The molecular formula is C42H52N8O6. The Kier molecular flexibility index (Phi) is 11.2. The SMILES string of the molecule is COC(=O)N[C@H](C(=O)N1CCC[C@H]1c1ncc(-c2ccc(-c3ccc(-c4cnc([C@@H]5[C@H]6CCC(C6)N5C(=O)[C@@H](NC(=O)OC)C(C)C)[nH]4)cc3)cc2)[nH]1)C(C)C. The molecule has 3 fully saturated rings. The molecule has 1 aliphatic carbocycles. The predicted molar refractivity (Wildman–Crippen MR) is 210 cm³/mol. The molecule has 2 aromatic carbocycles. The number of aromatic amines is 2. The van der Waals surface area contributed by atoms with E-state index in [9.17, 15) is 19.2 Å². The molecule has 0 radical (unpaired) electrons. The van der Waals surface area contributed by atoms with Crippen LogP contribution in [-0.4, -0.2) is 92.6 Å². The molecule has 6 atom stereocenters. The van der Waals surface area contributed by atoms with Gasteiger partial charge in [-0.25, -0.2) is 19.6 Å². The second kappa shape index (κ2) is 16.2. The van der Waals surface area contributed by atoms with E-state index >= 15 is 0 Å². The van der Waals surface area contributed by atoms with E-state index in [0.717, 1.165) is 77.4 Å². The number of nitrogens with zero attached hydrogens (tertiary/aromatic N) is 4. The second-order valence-electron chi connectivity index (χ2n) is 15.8. The van der Waals surface area contributed by atoms with Crippen LogP contribution < -0.4 is 10.6 Å². The van der Waals surface area contributed by atoms with Gasteiger partial charge < -0.3 is 39.9 Å². The van der Waals surface area contributed by atoms with Crippen LogP contribution in [-0.2, 0) is 19.1 Å². The van der Waals surface area contributed by atoms with E-state index in [0.29, 0.717) is 12.5 Å². The highest BCUT2D eigenvalue weighted by atomic mass is 16.5. The topological polar surface area (TPSA) is 175 Å². The maximum Gasteiger partial charge on any atom is 0.407 e. The van der Waals surface area contributed by atoms with E-state index < -0.39 is 24.3 Å². The third kappa shape index (κ3) is 7.61. The Morgan fingerprint density at radius 2 is 1.20 bits per heavy atom. The molecule has 1 unspecified atom stereocenters. The molecule has 1 saturated carbocycles. The van der Waals surface area contributed by atoms with E-state index in [1.54, 1.807) is 6.20 Å². The zero-order valence-electron chi connectivity index (χ0n) is 32.9. The van der Waals surface area contributed by atoms with Gasteiger partial charge in [-0.3, -0.25) is 9.59 Å². The first-order valence-electron chi connectivity index (χ1n) is 19.6. The first kappa shape index (κ1) is 38.6. The zero-order valence-corrected chi connectivity index (χ0v) is 32.9. The van der Waals surface area contributed by atoms with Crippen LogP contribution in [0.25, 0.3) is 33.6 Å². The number of ether oxygens (including phenoxy) is 2. The van der Waals surface area contributed by atoms with Gasteiger partial charge in [0.25, 0.3) is 0 Å². The minimum atomic E-state index is -0.687. The van der Waals surface area contributed by atoms with Gasteiger partial charge in [0.2, 0.25) is 11.8 Å². The molecule has 14 heteroatoms. The summed E-state index contributed by atoms with van der Waals surface area (Å²) in [6.45, 7) is 8.25. The summed E-state index contributed by atoms with van der Waals surface area (Å²) in [5.74, 6) is 1.37. The van der Waals surface area contributed by atoms with E-state index in [2.05, 4.69) is 74.1 Å². The highest BCUT2D eigenvalue weighted by molar-refractivity contribution is 5.87. The van der Waals surface area contributed by atoms with Crippen molar-refractivity contribution in [1.82, 2.24) is 40.4 Å². The Morgan fingerprint density at radius 3 is 1.73 bits per heavy atom. The fourth-order valence-electron chi connectivity index (χ4n) is 8.68. The quantitative estimate of drug-likeness (QED) is 0.132. The van der Waals surface area contributed by atoms with E-state index in [1.807, 2.05) is 43.7 Å². The fraction of sp³-hybridized carbons (Fsp3) is 0.476. The average molecular weight is 765 g/mol. The molecule has 0 spiro atoms. The van der Waals surface area contributed by atoms with Gasteiger partial charge in [0.05, 0.1) is 50.1 Å². The van der Waals surface area contributed by atoms with Crippen molar-refractivity contribution in [2.24, 2.45) is 17.8 Å². The van der Waals surface area contributed by atoms with Crippen molar-refractivity contribution < 1.29 is 28.7 Å². The number of likely N-dealkylation sites (tertiary alicyclic amines) is 2. The summed E-state index contributed by atoms with van der Waals surface area (Å²) in [6.07, 6.45) is 6.96. The van der Waals surface area contributed by atoms with Crippen molar-refractivity contribution in [2.45, 2.75) is 90.0 Å². The number of carbonyl (C=O) groups excluding carboxylic acids is 4. The van der Waals surface area contributed by atoms with Crippen molar-refractivity contribution in [2.75, 3.05) is 20.8 Å². The molecule has 2 bridgehead atoms. The number of alkyl carbamates (subject to hydrolysis) is 2. The Balaban J connectivity index is 1.02. The molecule has 3 aliphatic rings. The molecule has 4 amide bonds. The first-order valence-corrected chi connectivity index (χ1v) is 19.6. The summed E-state index contributed by atoms with van der Waals surface area (Å²) in [6, 6.07) is 15.0. The van der Waals surface area contributed by atoms with Gasteiger partial charge in [-0.15, -0.1) is 0 Å². The average Bonchev–Trinajstić information content (AvgIpc) is 4.06. The van der Waals surface area contributed by atoms with Crippen LogP contribution in [0.1, 0.15) is 83.5 Å². The van der Waals surface area contributed by atoms with Crippen LogP contribution in [0, 0.1) is 17.8 Å². The second-order valence-corrected chi connectivity index (χ2v) is 15.8. The number of H-pyrrole nitrogens is 2. The molecule has 2 aliphatic heterocycles. The Bertz CT molecular complexity index is 2040. The smallest absolute Gasteiger partial charge is 0.407 e. The number of carbonyl (C=O) groups is 4. The number of imidazole rings is 2. The van der Waals surface area contributed by atoms with Crippen LogP contribution >= 0.6 is 0 Å². The summed E-state index contributed by atoms with van der Waals surface area (Å²) >= 11 is 0. The number of hydrogen-bond acceptors (Lipinski definition) is 8. The molecule has 2 saturated heterocycles. The van der Waals surface area contributed by atoms with Gasteiger partial charge >= 0.3 is 12.2 Å². The zero-order chi connectivity index (χ0) is 39.7. The number of methoxy groups -OCH3 is 2. The summed E-state index contributed by atoms with van der Waals surface area (Å²) in [5, 5.41) is 5.45. The van der Waals surface area contributed by atoms with Gasteiger partial charge in [-0.2, -0.15) is 0 Å². The minimum absolute atomic E-state index is 0.0949. The number of piperidine rings is 1. The number of benzene rings is 2. The summed E-state index contributed by atoms with van der Waals surface area (Å²) in [7, 11) is 2.59. The number of fused-ring (bicyclic) bond motifs is 2. The number of rotatable bonds is 11. The predicted octanol–water partition coefficient (Wildman–Crippen LogP) is 6.61. The van der Waals surface area contributed by atoms with Crippen molar-refractivity contribution in [1.29, 1.82) is 0 Å². The Hall–Kier alpha value is -5.66. The molecule has 4 heterocycles. The summed E-state index contributed by atoms with van der Waals surface area (Å²) in [5.41, 5.74) is 5.83. The third-order valence-corrected chi connectivity index (χ3v) is 11.7. The molecule has 7 rings (SSSR count). The highest BCUT2D eigenvalue weighted by Gasteiger charge is 2.51. The van der Waals surface area contributed by atoms with Crippen molar-refractivity contribution in [3.05, 3.63) is 72.6 Å². The van der Waals surface area contributed by atoms with Crippen LogP contribution in [0.5, 0.6) is 0 Å². The number of aromatic nitrogens is 4. The molecule has 2 aromatic heterocycles. The molecule has 296 valence electrons. The lowest BCUT2D eigenvalue weighted by atomic mass is 9.95. The summed E-state index contributed by atoms with van der Waals surface area (Å²) < 4.78 is 9.57. The number of amides is 4. The standard InChI is InChI=1S/C42H52N8O6/c1-23(2)34(47-41(53)55-5)39(51)49-19-7-8-33(49)37-43-21-31(45-37)27-13-9-25(10-14-27)26-11-15-28(16-12-26)32-22-44-38(46-32)36-29-17-18-30(20-29)50(36)40(52)35(24(3)4)48-42(54)56-6/h9-16,21-24,29-30,33-36H,7-8,17-20H2,1-6H3,(H,43,45)(H,44,46)(H,47,53)(H,48,54)/t29-,30?,33-,34-,35-,36-/m0/s1. The van der Waals surface area contributed by atoms with E-state index in [4.69, 9.17) is 14.5 Å². The normalized spacial score (nSPS) is 21.4. The Morgan fingerprint density at radius 1 is 0.696 bits per heavy atom. The lowest BCUT2D eigenvalue weighted by Gasteiger charge is -2.37. The maximum atomic E-state index is 13.9. The van der Waals surface area contributed by atoms with Crippen LogP contribution in [0.4, 0.5) is 9.59 Å². The monoisotopic (exact) mass is 764 g/mol. The largest absolute Gasteiger partial charge is 0.453 e. The maximum absolute atomic E-state index is 13.9. The number of hydrogen-bond donors (Lipinski definition) is 4. The van der Waals surface area contributed by atoms with Gasteiger partial charge in [-0.05, 0) is 72.1 Å². The highest BCUT2D eigenvalue weighted by Crippen LogP contribution is 2.50. The molecular weight excluding hydrogens is 713 g/mol. The molecule has 4 N–H and O–H groups in total. The third-order valence-electron chi connectivity index (χ3n) is 11.7. The van der Waals surface area contributed by atoms with Crippen molar-refractivity contribution >= 4 is 24.0 Å². The number of nitrogens with one attached hydrogen (secondary N) is 4.